The van der Waals surface area contributed by atoms with Gasteiger partial charge in [-0.05, 0) is 19.4 Å². The molecule has 0 bridgehead atoms. The van der Waals surface area contributed by atoms with Crippen molar-refractivity contribution in [3.8, 4) is 0 Å². The van der Waals surface area contributed by atoms with Gasteiger partial charge in [0.05, 0.1) is 16.6 Å². The number of pyridine rings is 1. The minimum absolute atomic E-state index is 0.224. The summed E-state index contributed by atoms with van der Waals surface area (Å²) in [6.45, 7) is 2.79. The smallest absolute Gasteiger partial charge is 0.254 e. The van der Waals surface area contributed by atoms with Crippen LogP contribution in [0.2, 0.25) is 5.02 Å². The van der Waals surface area contributed by atoms with E-state index in [0.29, 0.717) is 10.6 Å². The van der Waals surface area contributed by atoms with Crippen molar-refractivity contribution in [1.29, 1.82) is 0 Å². The number of aromatic nitrogens is 4. The number of hydrogen-bond donors (Lipinski definition) is 1. The van der Waals surface area contributed by atoms with Crippen molar-refractivity contribution < 1.29 is 4.79 Å². The summed E-state index contributed by atoms with van der Waals surface area (Å²) < 4.78 is 2.07. The number of hydrogen-bond acceptors (Lipinski definition) is 4. The van der Waals surface area contributed by atoms with Crippen LogP contribution in [0.15, 0.2) is 18.5 Å². The lowest BCUT2D eigenvalue weighted by Crippen LogP contribution is -2.29. The molecule has 0 saturated heterocycles. The third-order valence-electron chi connectivity index (χ3n) is 3.39. The molecule has 1 amide bonds. The monoisotopic (exact) mass is 291 g/mol. The van der Waals surface area contributed by atoms with E-state index in [0.717, 1.165) is 31.0 Å². The van der Waals surface area contributed by atoms with Gasteiger partial charge in [-0.2, -0.15) is 0 Å². The molecule has 3 heterocycles. The van der Waals surface area contributed by atoms with Crippen molar-refractivity contribution in [2.45, 2.75) is 32.4 Å². The fourth-order valence-corrected chi connectivity index (χ4v) is 2.57. The molecule has 1 aliphatic heterocycles. The highest BCUT2D eigenvalue weighted by Crippen LogP contribution is 2.20. The summed E-state index contributed by atoms with van der Waals surface area (Å²) in [6.07, 6.45) is 5.03. The first-order chi connectivity index (χ1) is 9.66. The van der Waals surface area contributed by atoms with Crippen molar-refractivity contribution in [1.82, 2.24) is 25.1 Å². The van der Waals surface area contributed by atoms with Crippen molar-refractivity contribution >= 4 is 17.5 Å². The SMILES string of the molecule is CC(NC(=O)c1cnccc1Cl)c1nnc2n1CCC2. The zero-order valence-electron chi connectivity index (χ0n) is 11.0. The van der Waals surface area contributed by atoms with Crippen LogP contribution >= 0.6 is 11.6 Å². The molecule has 0 spiro atoms. The van der Waals surface area contributed by atoms with E-state index < -0.39 is 0 Å². The first-order valence-corrected chi connectivity index (χ1v) is 6.87. The van der Waals surface area contributed by atoms with Crippen LogP contribution in [-0.2, 0) is 13.0 Å². The van der Waals surface area contributed by atoms with Crippen LogP contribution in [0.5, 0.6) is 0 Å². The van der Waals surface area contributed by atoms with Gasteiger partial charge in [-0.15, -0.1) is 10.2 Å². The van der Waals surface area contributed by atoms with E-state index in [1.807, 2.05) is 6.92 Å². The summed E-state index contributed by atoms with van der Waals surface area (Å²) in [7, 11) is 0. The molecule has 3 rings (SSSR count). The minimum Gasteiger partial charge on any atom is -0.342 e. The summed E-state index contributed by atoms with van der Waals surface area (Å²) in [5, 5.41) is 11.6. The lowest BCUT2D eigenvalue weighted by atomic mass is 10.2. The Bertz CT molecular complexity index is 654. The van der Waals surface area contributed by atoms with Gasteiger partial charge in [0.25, 0.3) is 5.91 Å². The number of aryl methyl sites for hydroxylation is 1. The molecule has 0 radical (unpaired) electrons. The Balaban J connectivity index is 1.77. The second kappa shape index (κ2) is 5.20. The second-order valence-electron chi connectivity index (χ2n) is 4.78. The fourth-order valence-electron chi connectivity index (χ4n) is 2.38. The van der Waals surface area contributed by atoms with E-state index >= 15 is 0 Å². The maximum Gasteiger partial charge on any atom is 0.254 e. The second-order valence-corrected chi connectivity index (χ2v) is 5.19. The van der Waals surface area contributed by atoms with Gasteiger partial charge in [-0.1, -0.05) is 11.6 Å². The molecule has 2 aromatic heterocycles. The standard InChI is InChI=1S/C13H14ClN5O/c1-8(12-18-17-11-3-2-6-19(11)12)16-13(20)9-7-15-5-4-10(9)14/h4-5,7-8H,2-3,6H2,1H3,(H,16,20). The summed E-state index contributed by atoms with van der Waals surface area (Å²) in [6, 6.07) is 1.37. The number of fused-ring (bicyclic) bond motifs is 1. The number of carbonyl (C=O) groups excluding carboxylic acids is 1. The van der Waals surface area contributed by atoms with Crippen LogP contribution in [0.25, 0.3) is 0 Å². The molecule has 7 heteroatoms. The number of halogens is 1. The molecule has 0 saturated carbocycles. The van der Waals surface area contributed by atoms with Gasteiger partial charge in [0.2, 0.25) is 0 Å². The van der Waals surface area contributed by atoms with Crippen LogP contribution in [0.3, 0.4) is 0 Å². The third kappa shape index (κ3) is 2.27. The Labute approximate surface area is 121 Å². The highest BCUT2D eigenvalue weighted by Gasteiger charge is 2.23. The lowest BCUT2D eigenvalue weighted by Gasteiger charge is -2.14. The molecule has 2 aromatic rings. The molecule has 0 aliphatic carbocycles. The molecule has 104 valence electrons. The van der Waals surface area contributed by atoms with Crippen LogP contribution in [0, 0.1) is 0 Å². The summed E-state index contributed by atoms with van der Waals surface area (Å²) >= 11 is 5.99. The van der Waals surface area contributed by atoms with Gasteiger partial charge in [0.15, 0.2) is 5.82 Å². The van der Waals surface area contributed by atoms with Crippen LogP contribution < -0.4 is 5.32 Å². The van der Waals surface area contributed by atoms with E-state index in [-0.39, 0.29) is 11.9 Å². The highest BCUT2D eigenvalue weighted by molar-refractivity contribution is 6.33. The van der Waals surface area contributed by atoms with E-state index in [1.165, 1.54) is 6.20 Å². The predicted molar refractivity (Wildman–Crippen MR) is 73.5 cm³/mol. The zero-order chi connectivity index (χ0) is 14.1. The number of carbonyl (C=O) groups is 1. The summed E-state index contributed by atoms with van der Waals surface area (Å²) in [5.41, 5.74) is 0.363. The Morgan fingerprint density at radius 2 is 2.35 bits per heavy atom. The first-order valence-electron chi connectivity index (χ1n) is 6.49. The number of nitrogens with one attached hydrogen (secondary N) is 1. The molecule has 6 nitrogen and oxygen atoms in total. The van der Waals surface area contributed by atoms with Crippen LogP contribution in [0.4, 0.5) is 0 Å². The number of nitrogens with zero attached hydrogens (tertiary/aromatic N) is 4. The van der Waals surface area contributed by atoms with Gasteiger partial charge in [0, 0.05) is 25.4 Å². The molecule has 0 aromatic carbocycles. The van der Waals surface area contributed by atoms with Crippen molar-refractivity contribution in [3.63, 3.8) is 0 Å². The van der Waals surface area contributed by atoms with Crippen LogP contribution in [-0.4, -0.2) is 25.7 Å². The Hall–Kier alpha value is -1.95. The van der Waals surface area contributed by atoms with Crippen molar-refractivity contribution in [2.75, 3.05) is 0 Å². The van der Waals surface area contributed by atoms with E-state index in [4.69, 9.17) is 11.6 Å². The first kappa shape index (κ1) is 13.1. The molecule has 0 fully saturated rings. The highest BCUT2D eigenvalue weighted by atomic mass is 35.5. The molecule has 1 N–H and O–H groups in total. The third-order valence-corrected chi connectivity index (χ3v) is 3.72. The average Bonchev–Trinajstić information content (AvgIpc) is 3.00. The summed E-state index contributed by atoms with van der Waals surface area (Å²) in [4.78, 5) is 16.1. The largest absolute Gasteiger partial charge is 0.342 e. The quantitative estimate of drug-likeness (QED) is 0.935. The molecule has 20 heavy (non-hydrogen) atoms. The molecule has 1 unspecified atom stereocenters. The van der Waals surface area contributed by atoms with E-state index in [9.17, 15) is 4.79 Å². The van der Waals surface area contributed by atoms with E-state index in [2.05, 4.69) is 25.1 Å². The molecular formula is C13H14ClN5O. The van der Waals surface area contributed by atoms with Gasteiger partial charge in [-0.3, -0.25) is 9.78 Å². The molecule has 1 aliphatic rings. The van der Waals surface area contributed by atoms with Crippen molar-refractivity contribution in [3.05, 3.63) is 40.7 Å². The Morgan fingerprint density at radius 3 is 3.15 bits per heavy atom. The topological polar surface area (TPSA) is 72.7 Å². The maximum absolute atomic E-state index is 12.2. The van der Waals surface area contributed by atoms with Crippen molar-refractivity contribution in [2.24, 2.45) is 0 Å². The summed E-state index contributed by atoms with van der Waals surface area (Å²) in [5.74, 6) is 1.51. The normalized spacial score (nSPS) is 14.9. The molecule has 1 atom stereocenters. The van der Waals surface area contributed by atoms with Gasteiger partial charge in [-0.25, -0.2) is 0 Å². The average molecular weight is 292 g/mol. The fraction of sp³-hybridized carbons (Fsp3) is 0.385. The van der Waals surface area contributed by atoms with Crippen LogP contribution in [0.1, 0.15) is 41.4 Å². The lowest BCUT2D eigenvalue weighted by molar-refractivity contribution is 0.0937. The number of rotatable bonds is 3. The van der Waals surface area contributed by atoms with Gasteiger partial charge < -0.3 is 9.88 Å². The van der Waals surface area contributed by atoms with Gasteiger partial charge >= 0.3 is 0 Å². The maximum atomic E-state index is 12.2. The Kier molecular flexibility index (Phi) is 3.40. The van der Waals surface area contributed by atoms with Gasteiger partial charge in [0.1, 0.15) is 5.82 Å². The Morgan fingerprint density at radius 1 is 1.50 bits per heavy atom. The number of amides is 1. The predicted octanol–water partition coefficient (Wildman–Crippen LogP) is 1.76. The molecular weight excluding hydrogens is 278 g/mol. The minimum atomic E-state index is -0.258. The van der Waals surface area contributed by atoms with E-state index in [1.54, 1.807) is 12.3 Å². The zero-order valence-corrected chi connectivity index (χ0v) is 11.8.